The van der Waals surface area contributed by atoms with Gasteiger partial charge in [0, 0.05) is 37.2 Å². The maximum atomic E-state index is 5.10. The molecule has 0 spiro atoms. The van der Waals surface area contributed by atoms with Crippen molar-refractivity contribution in [1.82, 2.24) is 14.9 Å². The van der Waals surface area contributed by atoms with Crippen LogP contribution in [-0.2, 0) is 12.8 Å². The van der Waals surface area contributed by atoms with Gasteiger partial charge in [-0.25, -0.2) is 9.98 Å². The van der Waals surface area contributed by atoms with Gasteiger partial charge in [-0.05, 0) is 48.6 Å². The third kappa shape index (κ3) is 3.83. The number of nitrogens with zero attached hydrogens (tertiary/aromatic N) is 5. The Morgan fingerprint density at radius 1 is 1.00 bits per heavy atom. The van der Waals surface area contributed by atoms with Gasteiger partial charge in [0.25, 0.3) is 0 Å². The maximum absolute atomic E-state index is 5.10. The molecule has 150 valence electrons. The zero-order valence-electron chi connectivity index (χ0n) is 16.9. The van der Waals surface area contributed by atoms with Crippen LogP contribution in [0.3, 0.4) is 0 Å². The number of rotatable bonds is 5. The smallest absolute Gasteiger partial charge is 0.134 e. The highest BCUT2D eigenvalue weighted by Crippen LogP contribution is 2.31. The lowest BCUT2D eigenvalue weighted by Crippen LogP contribution is -2.50. The first-order valence-electron chi connectivity index (χ1n) is 10.5. The Kier molecular flexibility index (Phi) is 5.25. The Morgan fingerprint density at radius 2 is 1.93 bits per heavy atom. The van der Waals surface area contributed by atoms with E-state index in [4.69, 9.17) is 4.98 Å². The minimum atomic E-state index is 0.122. The standard InChI is InChI=1S/C25H25N5/c1-2-7-21(8-3-1)23-11-10-22-9-5-16-30(25(22)28-23)24-12-15-27-19-29(24)17-13-20-6-4-14-26-18-20/h1-4,6-8,10-12,14-15,18-19,24H,5,9,13,16-17H2. The van der Waals surface area contributed by atoms with Crippen LogP contribution in [-0.4, -0.2) is 40.5 Å². The van der Waals surface area contributed by atoms with Crippen molar-refractivity contribution in [2.75, 3.05) is 18.0 Å². The first kappa shape index (κ1) is 18.6. The van der Waals surface area contributed by atoms with Crippen molar-refractivity contribution in [2.24, 2.45) is 4.99 Å². The van der Waals surface area contributed by atoms with Crippen LogP contribution in [0.25, 0.3) is 11.3 Å². The van der Waals surface area contributed by atoms with Gasteiger partial charge < -0.3 is 9.80 Å². The summed E-state index contributed by atoms with van der Waals surface area (Å²) >= 11 is 0. The Morgan fingerprint density at radius 3 is 2.80 bits per heavy atom. The third-order valence-electron chi connectivity index (χ3n) is 5.74. The molecule has 0 saturated carbocycles. The zero-order chi connectivity index (χ0) is 20.2. The monoisotopic (exact) mass is 395 g/mol. The third-order valence-corrected chi connectivity index (χ3v) is 5.74. The molecule has 0 fully saturated rings. The van der Waals surface area contributed by atoms with Gasteiger partial charge in [-0.15, -0.1) is 0 Å². The summed E-state index contributed by atoms with van der Waals surface area (Å²) in [5.74, 6) is 1.10. The largest absolute Gasteiger partial charge is 0.338 e. The molecule has 0 N–H and O–H groups in total. The van der Waals surface area contributed by atoms with Gasteiger partial charge in [0.2, 0.25) is 0 Å². The van der Waals surface area contributed by atoms with E-state index in [-0.39, 0.29) is 6.17 Å². The van der Waals surface area contributed by atoms with Crippen LogP contribution in [0.15, 0.2) is 84.3 Å². The number of anilines is 1. The Hall–Kier alpha value is -3.47. The van der Waals surface area contributed by atoms with Gasteiger partial charge in [-0.1, -0.05) is 42.5 Å². The molecular weight excluding hydrogens is 370 g/mol. The second-order valence-corrected chi connectivity index (χ2v) is 7.71. The fourth-order valence-electron chi connectivity index (χ4n) is 4.20. The molecule has 30 heavy (non-hydrogen) atoms. The van der Waals surface area contributed by atoms with Crippen LogP contribution in [0.5, 0.6) is 0 Å². The van der Waals surface area contributed by atoms with Crippen molar-refractivity contribution in [1.29, 1.82) is 0 Å². The highest BCUT2D eigenvalue weighted by atomic mass is 15.4. The number of hydrogen-bond donors (Lipinski definition) is 0. The first-order chi connectivity index (χ1) is 14.9. The van der Waals surface area contributed by atoms with E-state index in [9.17, 15) is 0 Å². The van der Waals surface area contributed by atoms with Crippen LogP contribution < -0.4 is 4.90 Å². The van der Waals surface area contributed by atoms with Gasteiger partial charge >= 0.3 is 0 Å². The highest BCUT2D eigenvalue weighted by Gasteiger charge is 2.28. The summed E-state index contributed by atoms with van der Waals surface area (Å²) < 4.78 is 0. The number of pyridine rings is 2. The lowest BCUT2D eigenvalue weighted by Gasteiger charge is -2.41. The fraction of sp³-hybridized carbons (Fsp3) is 0.240. The molecule has 0 amide bonds. The van der Waals surface area contributed by atoms with Gasteiger partial charge in [0.05, 0.1) is 12.0 Å². The molecule has 2 aromatic heterocycles. The summed E-state index contributed by atoms with van der Waals surface area (Å²) in [7, 11) is 0. The van der Waals surface area contributed by atoms with Crippen molar-refractivity contribution in [3.63, 3.8) is 0 Å². The van der Waals surface area contributed by atoms with E-state index in [1.54, 1.807) is 0 Å². The molecule has 5 nitrogen and oxygen atoms in total. The topological polar surface area (TPSA) is 44.6 Å². The average molecular weight is 396 g/mol. The molecule has 1 atom stereocenters. The molecule has 0 aliphatic carbocycles. The van der Waals surface area contributed by atoms with E-state index < -0.39 is 0 Å². The summed E-state index contributed by atoms with van der Waals surface area (Å²) in [4.78, 5) is 18.5. The molecule has 2 aliphatic rings. The molecule has 0 radical (unpaired) electrons. The molecule has 5 heteroatoms. The predicted octanol–water partition coefficient (Wildman–Crippen LogP) is 4.32. The highest BCUT2D eigenvalue weighted by molar-refractivity contribution is 5.66. The van der Waals surface area contributed by atoms with Crippen LogP contribution in [0, 0.1) is 0 Å². The van der Waals surface area contributed by atoms with Crippen molar-refractivity contribution in [2.45, 2.75) is 25.4 Å². The Balaban J connectivity index is 1.42. The second kappa shape index (κ2) is 8.49. The van der Waals surface area contributed by atoms with Crippen molar-refractivity contribution >= 4 is 12.2 Å². The quantitative estimate of drug-likeness (QED) is 0.645. The molecule has 1 aromatic carbocycles. The van der Waals surface area contributed by atoms with Crippen LogP contribution in [0.1, 0.15) is 17.5 Å². The summed E-state index contributed by atoms with van der Waals surface area (Å²) in [5, 5.41) is 0. The van der Waals surface area contributed by atoms with Crippen LogP contribution >= 0.6 is 0 Å². The summed E-state index contributed by atoms with van der Waals surface area (Å²) in [6, 6.07) is 18.9. The molecule has 2 aliphatic heterocycles. The lowest BCUT2D eigenvalue weighted by atomic mass is 10.0. The number of hydrogen-bond acceptors (Lipinski definition) is 5. The Labute approximate surface area is 177 Å². The molecule has 0 bridgehead atoms. The molecule has 1 unspecified atom stereocenters. The first-order valence-corrected chi connectivity index (χ1v) is 10.5. The van der Waals surface area contributed by atoms with Gasteiger partial charge in [-0.3, -0.25) is 4.98 Å². The minimum absolute atomic E-state index is 0.122. The van der Waals surface area contributed by atoms with Gasteiger partial charge in [0.15, 0.2) is 0 Å². The lowest BCUT2D eigenvalue weighted by molar-refractivity contribution is 0.346. The molecule has 4 heterocycles. The van der Waals surface area contributed by atoms with E-state index >= 15 is 0 Å². The van der Waals surface area contributed by atoms with E-state index in [1.165, 1.54) is 11.1 Å². The van der Waals surface area contributed by atoms with E-state index in [0.717, 1.165) is 49.4 Å². The van der Waals surface area contributed by atoms with Gasteiger partial charge in [0.1, 0.15) is 12.0 Å². The maximum Gasteiger partial charge on any atom is 0.134 e. The van der Waals surface area contributed by atoms with Gasteiger partial charge in [-0.2, -0.15) is 0 Å². The van der Waals surface area contributed by atoms with E-state index in [2.05, 4.69) is 68.3 Å². The summed E-state index contributed by atoms with van der Waals surface area (Å²) in [6.07, 6.45) is 13.1. The predicted molar refractivity (Wildman–Crippen MR) is 121 cm³/mol. The van der Waals surface area contributed by atoms with Crippen molar-refractivity contribution < 1.29 is 0 Å². The van der Waals surface area contributed by atoms with Crippen LogP contribution in [0.2, 0.25) is 0 Å². The molecular formula is C25H25N5. The van der Waals surface area contributed by atoms with Crippen LogP contribution in [0.4, 0.5) is 5.82 Å². The SMILES string of the molecule is C1=CC(N2CCCc3ccc(-c4ccccc4)nc32)N(CCc2cccnc2)C=N1. The molecule has 3 aromatic rings. The molecule has 5 rings (SSSR count). The second-order valence-electron chi connectivity index (χ2n) is 7.71. The van der Waals surface area contributed by atoms with E-state index in [1.807, 2.05) is 37.1 Å². The average Bonchev–Trinajstić information content (AvgIpc) is 2.83. The minimum Gasteiger partial charge on any atom is -0.338 e. The van der Waals surface area contributed by atoms with E-state index in [0.29, 0.717) is 0 Å². The number of fused-ring (bicyclic) bond motifs is 1. The number of benzene rings is 1. The number of aryl methyl sites for hydroxylation is 1. The Bertz CT molecular complexity index is 1050. The normalized spacial score (nSPS) is 17.8. The van der Waals surface area contributed by atoms with Crippen molar-refractivity contribution in [3.8, 4) is 11.3 Å². The fourth-order valence-corrected chi connectivity index (χ4v) is 4.20. The molecule has 0 saturated heterocycles. The summed E-state index contributed by atoms with van der Waals surface area (Å²) in [6.45, 7) is 1.87. The number of aromatic nitrogens is 2. The van der Waals surface area contributed by atoms with Crippen molar-refractivity contribution in [3.05, 3.63) is 90.4 Å². The zero-order valence-corrected chi connectivity index (χ0v) is 16.9. The number of aliphatic imine (C=N–C) groups is 1. The summed E-state index contributed by atoms with van der Waals surface area (Å²) in [5.41, 5.74) is 4.74.